The fourth-order valence-electron chi connectivity index (χ4n) is 0.877. The maximum atomic E-state index is 8.55. The van der Waals surface area contributed by atoms with Crippen molar-refractivity contribution in [2.24, 2.45) is 5.16 Å². The van der Waals surface area contributed by atoms with Gasteiger partial charge in [0.2, 0.25) is 0 Å². The smallest absolute Gasteiger partial charge is 0.0866 e. The normalized spacial score (nSPS) is 11.5. The molecule has 0 amide bonds. The third-order valence-electron chi connectivity index (χ3n) is 1.47. The molecule has 11 heavy (non-hydrogen) atoms. The number of hydrogen-bond donors (Lipinski definition) is 1. The molecule has 1 rings (SSSR count). The standard InChI is InChI=1S/C8H10N2O/c1-2-8(10-11)7-3-5-9-6-4-7/h3-6,11H,2H2,1H3/b10-8+. The summed E-state index contributed by atoms with van der Waals surface area (Å²) < 4.78 is 0. The van der Waals surface area contributed by atoms with Gasteiger partial charge in [0.15, 0.2) is 0 Å². The molecule has 1 heterocycles. The Balaban J connectivity index is 2.92. The lowest BCUT2D eigenvalue weighted by atomic mass is 10.1. The van der Waals surface area contributed by atoms with Gasteiger partial charge >= 0.3 is 0 Å². The third kappa shape index (κ3) is 1.77. The van der Waals surface area contributed by atoms with Crippen molar-refractivity contribution in [3.05, 3.63) is 30.1 Å². The van der Waals surface area contributed by atoms with Gasteiger partial charge in [0.1, 0.15) is 0 Å². The maximum Gasteiger partial charge on any atom is 0.0866 e. The third-order valence-corrected chi connectivity index (χ3v) is 1.47. The molecular formula is C8H10N2O. The molecule has 0 unspecified atom stereocenters. The lowest BCUT2D eigenvalue weighted by Gasteiger charge is -1.98. The van der Waals surface area contributed by atoms with Crippen LogP contribution < -0.4 is 0 Å². The Bertz CT molecular complexity index is 244. The molecule has 0 saturated heterocycles. The summed E-state index contributed by atoms with van der Waals surface area (Å²) >= 11 is 0. The first-order valence-corrected chi connectivity index (χ1v) is 3.49. The number of oxime groups is 1. The van der Waals surface area contributed by atoms with Gasteiger partial charge in [-0.3, -0.25) is 4.98 Å². The van der Waals surface area contributed by atoms with Gasteiger partial charge in [0, 0.05) is 18.0 Å². The molecule has 0 radical (unpaired) electrons. The minimum absolute atomic E-state index is 0.687. The van der Waals surface area contributed by atoms with E-state index >= 15 is 0 Å². The highest BCUT2D eigenvalue weighted by atomic mass is 16.4. The van der Waals surface area contributed by atoms with Crippen molar-refractivity contribution >= 4 is 5.71 Å². The van der Waals surface area contributed by atoms with Gasteiger partial charge in [0.05, 0.1) is 5.71 Å². The number of rotatable bonds is 2. The van der Waals surface area contributed by atoms with E-state index in [0.717, 1.165) is 12.0 Å². The first-order valence-electron chi connectivity index (χ1n) is 3.49. The van der Waals surface area contributed by atoms with Crippen molar-refractivity contribution in [2.45, 2.75) is 13.3 Å². The van der Waals surface area contributed by atoms with Crippen LogP contribution in [-0.2, 0) is 0 Å². The minimum Gasteiger partial charge on any atom is -0.411 e. The molecule has 0 spiro atoms. The predicted molar refractivity (Wildman–Crippen MR) is 42.9 cm³/mol. The number of hydrogen-bond acceptors (Lipinski definition) is 3. The van der Waals surface area contributed by atoms with Crippen molar-refractivity contribution in [1.29, 1.82) is 0 Å². The van der Waals surface area contributed by atoms with Crippen LogP contribution in [0.15, 0.2) is 29.7 Å². The van der Waals surface area contributed by atoms with Crippen LogP contribution in [0.3, 0.4) is 0 Å². The SMILES string of the molecule is CC/C(=N\O)c1ccncc1. The van der Waals surface area contributed by atoms with Crippen LogP contribution in [0.4, 0.5) is 0 Å². The summed E-state index contributed by atoms with van der Waals surface area (Å²) in [6, 6.07) is 3.64. The van der Waals surface area contributed by atoms with Crippen LogP contribution in [0, 0.1) is 0 Å². The van der Waals surface area contributed by atoms with E-state index < -0.39 is 0 Å². The zero-order valence-electron chi connectivity index (χ0n) is 6.36. The fourth-order valence-corrected chi connectivity index (χ4v) is 0.877. The highest BCUT2D eigenvalue weighted by Gasteiger charge is 1.98. The quantitative estimate of drug-likeness (QED) is 0.396. The summed E-state index contributed by atoms with van der Waals surface area (Å²) in [7, 11) is 0. The van der Waals surface area contributed by atoms with Crippen LogP contribution in [0.25, 0.3) is 0 Å². The second-order valence-corrected chi connectivity index (χ2v) is 2.14. The summed E-state index contributed by atoms with van der Waals surface area (Å²) in [5.74, 6) is 0. The Morgan fingerprint density at radius 1 is 1.55 bits per heavy atom. The molecule has 0 atom stereocenters. The van der Waals surface area contributed by atoms with Crippen LogP contribution in [0.5, 0.6) is 0 Å². The molecule has 3 nitrogen and oxygen atoms in total. The molecule has 0 saturated carbocycles. The Labute approximate surface area is 65.4 Å². The molecule has 1 N–H and O–H groups in total. The van der Waals surface area contributed by atoms with E-state index in [0.29, 0.717) is 5.71 Å². The summed E-state index contributed by atoms with van der Waals surface area (Å²) in [5, 5.41) is 11.7. The van der Waals surface area contributed by atoms with E-state index in [9.17, 15) is 0 Å². The zero-order valence-corrected chi connectivity index (χ0v) is 6.36. The molecule has 1 aromatic heterocycles. The highest BCUT2D eigenvalue weighted by molar-refractivity contribution is 5.99. The molecule has 3 heteroatoms. The van der Waals surface area contributed by atoms with Gasteiger partial charge in [-0.2, -0.15) is 0 Å². The van der Waals surface area contributed by atoms with E-state index in [1.165, 1.54) is 0 Å². The Hall–Kier alpha value is -1.38. The molecule has 0 aromatic carbocycles. The zero-order chi connectivity index (χ0) is 8.10. The molecule has 0 fully saturated rings. The number of pyridine rings is 1. The molecule has 58 valence electrons. The van der Waals surface area contributed by atoms with Crippen LogP contribution in [0.1, 0.15) is 18.9 Å². The van der Waals surface area contributed by atoms with E-state index in [2.05, 4.69) is 10.1 Å². The molecule has 0 aliphatic rings. The minimum atomic E-state index is 0.687. The maximum absolute atomic E-state index is 8.55. The number of aromatic nitrogens is 1. The van der Waals surface area contributed by atoms with E-state index in [-0.39, 0.29) is 0 Å². The summed E-state index contributed by atoms with van der Waals surface area (Å²) in [6.45, 7) is 1.94. The largest absolute Gasteiger partial charge is 0.411 e. The predicted octanol–water partition coefficient (Wildman–Crippen LogP) is 1.67. The van der Waals surface area contributed by atoms with Gasteiger partial charge in [-0.05, 0) is 18.6 Å². The molecule has 0 aliphatic heterocycles. The summed E-state index contributed by atoms with van der Waals surface area (Å²) in [6.07, 6.45) is 4.08. The Kier molecular flexibility index (Phi) is 2.60. The van der Waals surface area contributed by atoms with Gasteiger partial charge in [0.25, 0.3) is 0 Å². The lowest BCUT2D eigenvalue weighted by Crippen LogP contribution is -1.97. The number of nitrogens with zero attached hydrogens (tertiary/aromatic N) is 2. The van der Waals surface area contributed by atoms with Gasteiger partial charge < -0.3 is 5.21 Å². The molecule has 0 aliphatic carbocycles. The van der Waals surface area contributed by atoms with Crippen molar-refractivity contribution in [1.82, 2.24) is 4.98 Å². The molecule has 0 bridgehead atoms. The monoisotopic (exact) mass is 150 g/mol. The van der Waals surface area contributed by atoms with Crippen molar-refractivity contribution in [3.63, 3.8) is 0 Å². The fraction of sp³-hybridized carbons (Fsp3) is 0.250. The molecular weight excluding hydrogens is 140 g/mol. The lowest BCUT2D eigenvalue weighted by molar-refractivity contribution is 0.318. The summed E-state index contributed by atoms with van der Waals surface area (Å²) in [4.78, 5) is 3.86. The topological polar surface area (TPSA) is 45.5 Å². The average Bonchev–Trinajstić information content (AvgIpc) is 2.09. The highest BCUT2D eigenvalue weighted by Crippen LogP contribution is 2.01. The summed E-state index contributed by atoms with van der Waals surface area (Å²) in [5.41, 5.74) is 1.61. The van der Waals surface area contributed by atoms with Crippen molar-refractivity contribution < 1.29 is 5.21 Å². The van der Waals surface area contributed by atoms with Crippen LogP contribution >= 0.6 is 0 Å². The Morgan fingerprint density at radius 3 is 2.64 bits per heavy atom. The Morgan fingerprint density at radius 2 is 2.18 bits per heavy atom. The van der Waals surface area contributed by atoms with Gasteiger partial charge in [-0.15, -0.1) is 0 Å². The van der Waals surface area contributed by atoms with Gasteiger partial charge in [-0.25, -0.2) is 0 Å². The first kappa shape index (κ1) is 7.72. The van der Waals surface area contributed by atoms with Crippen LogP contribution in [-0.4, -0.2) is 15.9 Å². The van der Waals surface area contributed by atoms with E-state index in [1.807, 2.05) is 19.1 Å². The van der Waals surface area contributed by atoms with E-state index in [1.54, 1.807) is 12.4 Å². The van der Waals surface area contributed by atoms with Crippen LogP contribution in [0.2, 0.25) is 0 Å². The first-order chi connectivity index (χ1) is 5.38. The second-order valence-electron chi connectivity index (χ2n) is 2.14. The van der Waals surface area contributed by atoms with E-state index in [4.69, 9.17) is 5.21 Å². The van der Waals surface area contributed by atoms with Crippen molar-refractivity contribution in [2.75, 3.05) is 0 Å². The average molecular weight is 150 g/mol. The second kappa shape index (κ2) is 3.71. The van der Waals surface area contributed by atoms with Crippen molar-refractivity contribution in [3.8, 4) is 0 Å². The molecule has 1 aromatic rings. The van der Waals surface area contributed by atoms with Gasteiger partial charge in [-0.1, -0.05) is 12.1 Å².